The molecular formula is C22H34N4O3. The summed E-state index contributed by atoms with van der Waals surface area (Å²) in [6.45, 7) is 13.7. The fraction of sp³-hybridized carbons (Fsp3) is 0.591. The van der Waals surface area contributed by atoms with Crippen LogP contribution in [0.3, 0.4) is 0 Å². The first kappa shape index (κ1) is 22.7. The highest BCUT2D eigenvalue weighted by Crippen LogP contribution is 2.25. The summed E-state index contributed by atoms with van der Waals surface area (Å²) in [6, 6.07) is 3.61. The molecule has 2 aromatic rings. The van der Waals surface area contributed by atoms with E-state index in [0.29, 0.717) is 25.2 Å². The van der Waals surface area contributed by atoms with Crippen LogP contribution in [0.25, 0.3) is 5.65 Å². The van der Waals surface area contributed by atoms with Crippen molar-refractivity contribution in [3.05, 3.63) is 36.3 Å². The van der Waals surface area contributed by atoms with Crippen molar-refractivity contribution in [1.82, 2.24) is 19.6 Å². The molecule has 0 radical (unpaired) electrons. The maximum absolute atomic E-state index is 12.4. The van der Waals surface area contributed by atoms with Gasteiger partial charge in [0, 0.05) is 38.2 Å². The third kappa shape index (κ3) is 7.07. The van der Waals surface area contributed by atoms with Crippen LogP contribution in [0.2, 0.25) is 0 Å². The number of fused-ring (bicyclic) bond motifs is 1. The van der Waals surface area contributed by atoms with Gasteiger partial charge in [-0.1, -0.05) is 13.8 Å². The lowest BCUT2D eigenvalue weighted by Crippen LogP contribution is -2.39. The number of ether oxygens (including phenoxy) is 1. The van der Waals surface area contributed by atoms with Gasteiger partial charge in [0.2, 0.25) is 0 Å². The normalized spacial score (nSPS) is 12.1. The number of nitrogens with one attached hydrogen (secondary N) is 1. The Labute approximate surface area is 173 Å². The van der Waals surface area contributed by atoms with Crippen molar-refractivity contribution >= 4 is 17.6 Å². The standard InChI is InChI=1S/C22H34N4O3/c1-7-25(20(28)29-21(2,3)4)14-11-22(5,6)10-12-24-19(27)17-8-9-18-23-13-15-26(18)16-17/h8-9,13,15-16H,7,10-12,14H2,1-6H3,(H,24,27). The van der Waals surface area contributed by atoms with Gasteiger partial charge in [0.15, 0.2) is 0 Å². The minimum absolute atomic E-state index is 0.0169. The highest BCUT2D eigenvalue weighted by molar-refractivity contribution is 5.94. The van der Waals surface area contributed by atoms with Crippen LogP contribution in [0, 0.1) is 5.41 Å². The Morgan fingerprint density at radius 3 is 2.55 bits per heavy atom. The number of nitrogens with zero attached hydrogens (tertiary/aromatic N) is 3. The van der Waals surface area contributed by atoms with E-state index in [-0.39, 0.29) is 17.4 Å². The third-order valence-electron chi connectivity index (χ3n) is 4.83. The summed E-state index contributed by atoms with van der Waals surface area (Å²) in [5.74, 6) is -0.0969. The van der Waals surface area contributed by atoms with Crippen LogP contribution in [-0.2, 0) is 4.74 Å². The topological polar surface area (TPSA) is 75.9 Å². The summed E-state index contributed by atoms with van der Waals surface area (Å²) in [5.41, 5.74) is 0.907. The minimum atomic E-state index is -0.496. The van der Waals surface area contributed by atoms with E-state index in [1.165, 1.54) is 0 Å². The van der Waals surface area contributed by atoms with Gasteiger partial charge in [0.25, 0.3) is 5.91 Å². The number of amides is 2. The van der Waals surface area contributed by atoms with Crippen LogP contribution in [0.5, 0.6) is 0 Å². The smallest absolute Gasteiger partial charge is 0.410 e. The molecule has 29 heavy (non-hydrogen) atoms. The molecule has 160 valence electrons. The van der Waals surface area contributed by atoms with Gasteiger partial charge in [0.05, 0.1) is 5.56 Å². The molecule has 0 spiro atoms. The Morgan fingerprint density at radius 1 is 1.17 bits per heavy atom. The first-order chi connectivity index (χ1) is 13.5. The molecule has 0 saturated heterocycles. The first-order valence-electron chi connectivity index (χ1n) is 10.2. The minimum Gasteiger partial charge on any atom is -0.444 e. The molecule has 0 aliphatic carbocycles. The van der Waals surface area contributed by atoms with Gasteiger partial charge in [-0.05, 0) is 58.1 Å². The number of hydrogen-bond donors (Lipinski definition) is 1. The molecule has 0 fully saturated rings. The Balaban J connectivity index is 1.80. The molecule has 0 saturated carbocycles. The molecule has 2 aromatic heterocycles. The summed E-state index contributed by atoms with van der Waals surface area (Å²) in [6.07, 6.45) is 6.67. The number of carbonyl (C=O) groups is 2. The molecule has 2 rings (SSSR count). The summed E-state index contributed by atoms with van der Waals surface area (Å²) in [5, 5.41) is 2.99. The summed E-state index contributed by atoms with van der Waals surface area (Å²) in [7, 11) is 0. The molecule has 0 bridgehead atoms. The molecule has 0 aliphatic heterocycles. The number of aromatic nitrogens is 2. The lowest BCUT2D eigenvalue weighted by Gasteiger charge is -2.30. The van der Waals surface area contributed by atoms with E-state index < -0.39 is 5.60 Å². The maximum atomic E-state index is 12.4. The van der Waals surface area contributed by atoms with E-state index in [2.05, 4.69) is 24.1 Å². The van der Waals surface area contributed by atoms with Crippen molar-refractivity contribution in [2.45, 2.75) is 60.0 Å². The van der Waals surface area contributed by atoms with Crippen molar-refractivity contribution in [2.24, 2.45) is 5.41 Å². The fourth-order valence-corrected chi connectivity index (χ4v) is 2.94. The van der Waals surface area contributed by atoms with Gasteiger partial charge in [-0.15, -0.1) is 0 Å². The Bertz CT molecular complexity index is 836. The molecule has 0 atom stereocenters. The summed E-state index contributed by atoms with van der Waals surface area (Å²) < 4.78 is 7.29. The predicted octanol–water partition coefficient (Wildman–Crippen LogP) is 4.13. The number of pyridine rings is 1. The van der Waals surface area contributed by atoms with Gasteiger partial charge in [-0.2, -0.15) is 0 Å². The molecule has 0 aromatic carbocycles. The van der Waals surface area contributed by atoms with Crippen molar-refractivity contribution in [3.8, 4) is 0 Å². The van der Waals surface area contributed by atoms with Crippen molar-refractivity contribution in [1.29, 1.82) is 0 Å². The second kappa shape index (κ2) is 9.29. The predicted molar refractivity (Wildman–Crippen MR) is 114 cm³/mol. The second-order valence-corrected chi connectivity index (χ2v) is 9.09. The zero-order chi connectivity index (χ0) is 21.7. The van der Waals surface area contributed by atoms with Crippen LogP contribution in [0.1, 0.15) is 64.7 Å². The number of imidazole rings is 1. The second-order valence-electron chi connectivity index (χ2n) is 9.09. The van der Waals surface area contributed by atoms with Crippen molar-refractivity contribution < 1.29 is 14.3 Å². The van der Waals surface area contributed by atoms with Crippen LogP contribution >= 0.6 is 0 Å². The first-order valence-corrected chi connectivity index (χ1v) is 10.2. The van der Waals surface area contributed by atoms with Gasteiger partial charge >= 0.3 is 6.09 Å². The van der Waals surface area contributed by atoms with Crippen LogP contribution in [0.4, 0.5) is 4.79 Å². The number of hydrogen-bond acceptors (Lipinski definition) is 4. The number of rotatable bonds is 8. The van der Waals surface area contributed by atoms with E-state index in [1.54, 1.807) is 23.4 Å². The average molecular weight is 403 g/mol. The Kier molecular flexibility index (Phi) is 7.27. The van der Waals surface area contributed by atoms with Gasteiger partial charge in [0.1, 0.15) is 11.2 Å². The molecule has 2 amide bonds. The lowest BCUT2D eigenvalue weighted by molar-refractivity contribution is 0.0239. The molecule has 2 heterocycles. The number of carbonyl (C=O) groups excluding carboxylic acids is 2. The summed E-state index contributed by atoms with van der Waals surface area (Å²) in [4.78, 5) is 30.6. The quantitative estimate of drug-likeness (QED) is 0.720. The van der Waals surface area contributed by atoms with Crippen LogP contribution in [-0.4, -0.2) is 51.5 Å². The zero-order valence-corrected chi connectivity index (χ0v) is 18.5. The van der Waals surface area contributed by atoms with Gasteiger partial charge in [-0.3, -0.25) is 4.79 Å². The zero-order valence-electron chi connectivity index (χ0n) is 18.5. The maximum Gasteiger partial charge on any atom is 0.410 e. The molecule has 7 nitrogen and oxygen atoms in total. The van der Waals surface area contributed by atoms with E-state index in [0.717, 1.165) is 18.5 Å². The largest absolute Gasteiger partial charge is 0.444 e. The Hall–Kier alpha value is -2.57. The van der Waals surface area contributed by atoms with Crippen molar-refractivity contribution in [3.63, 3.8) is 0 Å². The molecule has 0 unspecified atom stereocenters. The van der Waals surface area contributed by atoms with Crippen LogP contribution < -0.4 is 5.32 Å². The van der Waals surface area contributed by atoms with E-state index in [4.69, 9.17) is 4.74 Å². The molecular weight excluding hydrogens is 368 g/mol. The molecule has 7 heteroatoms. The lowest BCUT2D eigenvalue weighted by atomic mass is 9.85. The van der Waals surface area contributed by atoms with E-state index in [9.17, 15) is 9.59 Å². The van der Waals surface area contributed by atoms with Crippen molar-refractivity contribution in [2.75, 3.05) is 19.6 Å². The third-order valence-corrected chi connectivity index (χ3v) is 4.83. The van der Waals surface area contributed by atoms with Gasteiger partial charge < -0.3 is 19.4 Å². The molecule has 1 N–H and O–H groups in total. The van der Waals surface area contributed by atoms with Crippen LogP contribution in [0.15, 0.2) is 30.7 Å². The summed E-state index contributed by atoms with van der Waals surface area (Å²) >= 11 is 0. The average Bonchev–Trinajstić information content (AvgIpc) is 3.08. The highest BCUT2D eigenvalue weighted by atomic mass is 16.6. The SMILES string of the molecule is CCN(CCC(C)(C)CCNC(=O)c1ccc2nccn2c1)C(=O)OC(C)(C)C. The Morgan fingerprint density at radius 2 is 1.90 bits per heavy atom. The monoisotopic (exact) mass is 402 g/mol. The van der Waals surface area contributed by atoms with E-state index >= 15 is 0 Å². The fourth-order valence-electron chi connectivity index (χ4n) is 2.94. The van der Waals surface area contributed by atoms with Gasteiger partial charge in [-0.25, -0.2) is 9.78 Å². The highest BCUT2D eigenvalue weighted by Gasteiger charge is 2.24. The molecule has 0 aliphatic rings. The van der Waals surface area contributed by atoms with E-state index in [1.807, 2.05) is 44.4 Å².